The zero-order valence-electron chi connectivity index (χ0n) is 19.9. The molecule has 0 atom stereocenters. The lowest BCUT2D eigenvalue weighted by Gasteiger charge is -2.42. The van der Waals surface area contributed by atoms with Crippen molar-refractivity contribution in [2.24, 2.45) is 0 Å². The lowest BCUT2D eigenvalue weighted by molar-refractivity contribution is -0.136. The van der Waals surface area contributed by atoms with Crippen LogP contribution in [-0.2, 0) is 22.6 Å². The summed E-state index contributed by atoms with van der Waals surface area (Å²) in [6.07, 6.45) is 1.28. The Balaban J connectivity index is 1.52. The molecule has 7 nitrogen and oxygen atoms in total. The minimum absolute atomic E-state index is 0.0711. The van der Waals surface area contributed by atoms with E-state index in [1.807, 2.05) is 49.3 Å². The molecule has 2 aromatic carbocycles. The Hall–Kier alpha value is -2.90. The van der Waals surface area contributed by atoms with Crippen molar-refractivity contribution in [3.8, 4) is 0 Å². The largest absolute Gasteiger partial charge is 0.383 e. The van der Waals surface area contributed by atoms with Crippen LogP contribution >= 0.6 is 0 Å². The molecule has 0 aliphatic carbocycles. The van der Waals surface area contributed by atoms with Crippen molar-refractivity contribution in [1.29, 1.82) is 0 Å². The van der Waals surface area contributed by atoms with Crippen molar-refractivity contribution in [2.45, 2.75) is 31.5 Å². The molecule has 7 heteroatoms. The molecule has 0 saturated carbocycles. The molecule has 0 N–H and O–H groups in total. The van der Waals surface area contributed by atoms with Crippen LogP contribution in [0.4, 0.5) is 10.5 Å². The second kappa shape index (κ2) is 9.93. The SMILES string of the molecule is COCCN1C(=O)N(Cc2cccc(N(C)C)c2)C(=O)C12CCN(Cc1ccccc1)CC2. The number of urea groups is 1. The van der Waals surface area contributed by atoms with Crippen LogP contribution < -0.4 is 4.90 Å². The Labute approximate surface area is 196 Å². The van der Waals surface area contributed by atoms with Crippen LogP contribution in [0, 0.1) is 0 Å². The van der Waals surface area contributed by atoms with Gasteiger partial charge in [-0.1, -0.05) is 42.5 Å². The average Bonchev–Trinajstić information content (AvgIpc) is 3.01. The molecule has 2 aliphatic rings. The standard InChI is InChI=1S/C26H34N4O3/c1-27(2)23-11-7-10-22(18-23)20-29-24(31)26(30(25(29)32)16-17-33-3)12-14-28(15-13-26)19-21-8-5-4-6-9-21/h4-11,18H,12-17,19-20H2,1-3H3. The van der Waals surface area contributed by atoms with Crippen LogP contribution in [0.5, 0.6) is 0 Å². The fourth-order valence-corrected chi connectivity index (χ4v) is 4.94. The van der Waals surface area contributed by atoms with E-state index in [9.17, 15) is 9.59 Å². The summed E-state index contributed by atoms with van der Waals surface area (Å²) in [6, 6.07) is 18.2. The highest BCUT2D eigenvalue weighted by molar-refractivity contribution is 6.07. The van der Waals surface area contributed by atoms with Gasteiger partial charge in [0.25, 0.3) is 5.91 Å². The molecular formula is C26H34N4O3. The van der Waals surface area contributed by atoms with E-state index >= 15 is 0 Å². The van der Waals surface area contributed by atoms with Gasteiger partial charge < -0.3 is 14.5 Å². The van der Waals surface area contributed by atoms with Gasteiger partial charge in [0, 0.05) is 53.1 Å². The van der Waals surface area contributed by atoms with Crippen LogP contribution in [0.3, 0.4) is 0 Å². The first kappa shape index (κ1) is 23.3. The summed E-state index contributed by atoms with van der Waals surface area (Å²) in [5.41, 5.74) is 2.49. The number of likely N-dealkylation sites (tertiary alicyclic amines) is 1. The van der Waals surface area contributed by atoms with Gasteiger partial charge in [0.1, 0.15) is 5.54 Å². The number of piperidine rings is 1. The maximum Gasteiger partial charge on any atom is 0.328 e. The molecule has 1 spiro atoms. The van der Waals surface area contributed by atoms with Gasteiger partial charge in [-0.3, -0.25) is 14.6 Å². The number of carbonyl (C=O) groups excluding carboxylic acids is 2. The van der Waals surface area contributed by atoms with Gasteiger partial charge in [-0.2, -0.15) is 0 Å². The Morgan fingerprint density at radius 3 is 2.30 bits per heavy atom. The second-order valence-electron chi connectivity index (χ2n) is 9.18. The predicted molar refractivity (Wildman–Crippen MR) is 129 cm³/mol. The maximum absolute atomic E-state index is 13.7. The molecule has 0 unspecified atom stereocenters. The highest BCUT2D eigenvalue weighted by Gasteiger charge is 2.57. The monoisotopic (exact) mass is 450 g/mol. The molecule has 2 fully saturated rings. The molecule has 3 amide bonds. The van der Waals surface area contributed by atoms with Gasteiger partial charge in [-0.15, -0.1) is 0 Å². The summed E-state index contributed by atoms with van der Waals surface area (Å²) in [7, 11) is 5.59. The van der Waals surface area contributed by atoms with E-state index in [2.05, 4.69) is 29.2 Å². The van der Waals surface area contributed by atoms with Crippen LogP contribution in [0.15, 0.2) is 54.6 Å². The molecule has 0 bridgehead atoms. The number of nitrogens with zero attached hydrogens (tertiary/aromatic N) is 4. The Morgan fingerprint density at radius 1 is 0.939 bits per heavy atom. The zero-order chi connectivity index (χ0) is 23.4. The number of imide groups is 1. The van der Waals surface area contributed by atoms with Crippen molar-refractivity contribution >= 4 is 17.6 Å². The van der Waals surface area contributed by atoms with Crippen molar-refractivity contribution in [2.75, 3.05) is 52.3 Å². The lowest BCUT2D eigenvalue weighted by Crippen LogP contribution is -2.57. The van der Waals surface area contributed by atoms with Gasteiger partial charge in [0.15, 0.2) is 0 Å². The van der Waals surface area contributed by atoms with Gasteiger partial charge in [0.2, 0.25) is 0 Å². The third-order valence-corrected chi connectivity index (χ3v) is 6.84. The van der Waals surface area contributed by atoms with Gasteiger partial charge >= 0.3 is 6.03 Å². The number of benzene rings is 2. The molecule has 2 heterocycles. The van der Waals surface area contributed by atoms with Crippen molar-refractivity contribution in [3.63, 3.8) is 0 Å². The fraction of sp³-hybridized carbons (Fsp3) is 0.462. The summed E-state index contributed by atoms with van der Waals surface area (Å²) in [4.78, 5) is 34.8. The normalized spacial score (nSPS) is 18.4. The number of ether oxygens (including phenoxy) is 1. The second-order valence-corrected chi connectivity index (χ2v) is 9.18. The molecule has 4 rings (SSSR count). The van der Waals surface area contributed by atoms with E-state index in [0.717, 1.165) is 30.9 Å². The first-order chi connectivity index (χ1) is 15.9. The van der Waals surface area contributed by atoms with Gasteiger partial charge in [-0.05, 0) is 36.1 Å². The first-order valence-corrected chi connectivity index (χ1v) is 11.6. The topological polar surface area (TPSA) is 56.3 Å². The van der Waals surface area contributed by atoms with E-state index in [-0.39, 0.29) is 18.5 Å². The lowest BCUT2D eigenvalue weighted by atomic mass is 9.85. The Kier molecular flexibility index (Phi) is 7.00. The van der Waals surface area contributed by atoms with E-state index in [0.29, 0.717) is 26.0 Å². The van der Waals surface area contributed by atoms with Crippen LogP contribution in [0.25, 0.3) is 0 Å². The van der Waals surface area contributed by atoms with E-state index in [1.54, 1.807) is 12.0 Å². The first-order valence-electron chi connectivity index (χ1n) is 11.6. The number of hydrogen-bond acceptors (Lipinski definition) is 5. The summed E-state index contributed by atoms with van der Waals surface area (Å²) in [6.45, 7) is 3.55. The van der Waals surface area contributed by atoms with Crippen molar-refractivity contribution < 1.29 is 14.3 Å². The van der Waals surface area contributed by atoms with Crippen LogP contribution in [-0.4, -0.2) is 79.6 Å². The Morgan fingerprint density at radius 2 is 1.64 bits per heavy atom. The minimum Gasteiger partial charge on any atom is -0.383 e. The summed E-state index contributed by atoms with van der Waals surface area (Å²) >= 11 is 0. The van der Waals surface area contributed by atoms with Crippen LogP contribution in [0.2, 0.25) is 0 Å². The van der Waals surface area contributed by atoms with Gasteiger partial charge in [0.05, 0.1) is 13.2 Å². The van der Waals surface area contributed by atoms with Crippen molar-refractivity contribution in [3.05, 3.63) is 65.7 Å². The van der Waals surface area contributed by atoms with Gasteiger partial charge in [-0.25, -0.2) is 4.79 Å². The predicted octanol–water partition coefficient (Wildman–Crippen LogP) is 3.20. The number of anilines is 1. The fourth-order valence-electron chi connectivity index (χ4n) is 4.94. The quantitative estimate of drug-likeness (QED) is 0.578. The third-order valence-electron chi connectivity index (χ3n) is 6.84. The zero-order valence-corrected chi connectivity index (χ0v) is 19.9. The molecule has 176 valence electrons. The smallest absolute Gasteiger partial charge is 0.328 e. The molecule has 0 aromatic heterocycles. The Bertz CT molecular complexity index is 971. The van der Waals surface area contributed by atoms with E-state index < -0.39 is 5.54 Å². The number of methoxy groups -OCH3 is 1. The van der Waals surface area contributed by atoms with Crippen molar-refractivity contribution in [1.82, 2.24) is 14.7 Å². The number of carbonyl (C=O) groups is 2. The maximum atomic E-state index is 13.7. The third kappa shape index (κ3) is 4.75. The number of amides is 3. The minimum atomic E-state index is -0.776. The van der Waals surface area contributed by atoms with E-state index in [4.69, 9.17) is 4.74 Å². The highest BCUT2D eigenvalue weighted by atomic mass is 16.5. The molecule has 33 heavy (non-hydrogen) atoms. The molecule has 2 aromatic rings. The molecular weight excluding hydrogens is 416 g/mol. The summed E-state index contributed by atoms with van der Waals surface area (Å²) in [5.74, 6) is -0.0711. The highest BCUT2D eigenvalue weighted by Crippen LogP contribution is 2.38. The molecule has 2 saturated heterocycles. The summed E-state index contributed by atoms with van der Waals surface area (Å²) < 4.78 is 5.28. The van der Waals surface area contributed by atoms with E-state index in [1.165, 1.54) is 10.5 Å². The van der Waals surface area contributed by atoms with Crippen LogP contribution in [0.1, 0.15) is 24.0 Å². The number of rotatable bonds is 8. The molecule has 2 aliphatic heterocycles. The summed E-state index contributed by atoms with van der Waals surface area (Å²) in [5, 5.41) is 0. The average molecular weight is 451 g/mol. The number of hydrogen-bond donors (Lipinski definition) is 0. The molecule has 0 radical (unpaired) electrons.